The largest absolute Gasteiger partial charge is 0.476 e. The third-order valence-electron chi connectivity index (χ3n) is 4.28. The van der Waals surface area contributed by atoms with Crippen molar-refractivity contribution in [1.82, 2.24) is 9.78 Å². The van der Waals surface area contributed by atoms with Crippen molar-refractivity contribution in [3.05, 3.63) is 70.4 Å². The summed E-state index contributed by atoms with van der Waals surface area (Å²) in [5.41, 5.74) is 3.52. The van der Waals surface area contributed by atoms with Crippen LogP contribution in [0, 0.1) is 6.92 Å². The molecular formula is C21H19ClN2O4. The van der Waals surface area contributed by atoms with Crippen molar-refractivity contribution in [3.63, 3.8) is 0 Å². The van der Waals surface area contributed by atoms with Gasteiger partial charge in [-0.15, -0.1) is 0 Å². The quantitative estimate of drug-likeness (QED) is 0.626. The predicted molar refractivity (Wildman–Crippen MR) is 106 cm³/mol. The highest BCUT2D eigenvalue weighted by molar-refractivity contribution is 6.30. The monoisotopic (exact) mass is 398 g/mol. The van der Waals surface area contributed by atoms with Gasteiger partial charge in [-0.25, -0.2) is 9.48 Å². The molecule has 144 valence electrons. The average molecular weight is 399 g/mol. The summed E-state index contributed by atoms with van der Waals surface area (Å²) in [7, 11) is 0. The van der Waals surface area contributed by atoms with E-state index in [1.54, 1.807) is 54.9 Å². The molecule has 1 heterocycles. The number of carboxylic acid groups (broad SMARTS) is 1. The highest BCUT2D eigenvalue weighted by atomic mass is 35.5. The fourth-order valence-electron chi connectivity index (χ4n) is 2.97. The highest BCUT2D eigenvalue weighted by Crippen LogP contribution is 2.30. The first-order valence-corrected chi connectivity index (χ1v) is 9.12. The van der Waals surface area contributed by atoms with Gasteiger partial charge in [-0.2, -0.15) is 5.10 Å². The van der Waals surface area contributed by atoms with Gasteiger partial charge in [0.15, 0.2) is 5.69 Å². The molecule has 0 aliphatic carbocycles. The van der Waals surface area contributed by atoms with Crippen molar-refractivity contribution in [2.45, 2.75) is 20.3 Å². The zero-order valence-electron chi connectivity index (χ0n) is 15.5. The van der Waals surface area contributed by atoms with Crippen molar-refractivity contribution in [2.24, 2.45) is 0 Å². The van der Waals surface area contributed by atoms with Crippen LogP contribution < -0.4 is 0 Å². The number of hydrogen-bond donors (Lipinski definition) is 1. The van der Waals surface area contributed by atoms with E-state index >= 15 is 0 Å². The molecule has 1 N–H and O–H groups in total. The summed E-state index contributed by atoms with van der Waals surface area (Å²) in [4.78, 5) is 23.2. The average Bonchev–Trinajstić information content (AvgIpc) is 3.01. The lowest BCUT2D eigenvalue weighted by atomic mass is 10.1. The van der Waals surface area contributed by atoms with E-state index < -0.39 is 5.97 Å². The molecule has 0 amide bonds. The minimum Gasteiger partial charge on any atom is -0.476 e. The van der Waals surface area contributed by atoms with Gasteiger partial charge in [0.2, 0.25) is 0 Å². The van der Waals surface area contributed by atoms with Gasteiger partial charge in [0.25, 0.3) is 0 Å². The second-order valence-electron chi connectivity index (χ2n) is 6.19. The second-order valence-corrected chi connectivity index (χ2v) is 6.63. The number of carbonyl (C=O) groups excluding carboxylic acids is 1. The Bertz CT molecular complexity index is 1010. The van der Waals surface area contributed by atoms with E-state index in [1.807, 2.05) is 12.1 Å². The molecule has 0 fully saturated rings. The van der Waals surface area contributed by atoms with Crippen molar-refractivity contribution < 1.29 is 19.4 Å². The smallest absolute Gasteiger partial charge is 0.356 e. The molecular weight excluding hydrogens is 380 g/mol. The van der Waals surface area contributed by atoms with Crippen LogP contribution >= 0.6 is 11.6 Å². The van der Waals surface area contributed by atoms with E-state index in [4.69, 9.17) is 16.3 Å². The van der Waals surface area contributed by atoms with E-state index in [0.29, 0.717) is 28.6 Å². The maximum atomic E-state index is 11.6. The van der Waals surface area contributed by atoms with E-state index in [9.17, 15) is 14.7 Å². The van der Waals surface area contributed by atoms with Crippen LogP contribution in [-0.4, -0.2) is 33.4 Å². The lowest BCUT2D eigenvalue weighted by molar-refractivity contribution is -0.142. The van der Waals surface area contributed by atoms with E-state index in [1.165, 1.54) is 0 Å². The molecule has 0 bridgehead atoms. The summed E-state index contributed by atoms with van der Waals surface area (Å²) in [6, 6.07) is 14.3. The van der Waals surface area contributed by atoms with Gasteiger partial charge in [0.05, 0.1) is 24.4 Å². The summed E-state index contributed by atoms with van der Waals surface area (Å²) < 4.78 is 6.55. The number of carbonyl (C=O) groups is 2. The van der Waals surface area contributed by atoms with Gasteiger partial charge in [-0.05, 0) is 43.7 Å². The molecule has 2 aromatic carbocycles. The normalized spacial score (nSPS) is 10.7. The Labute approximate surface area is 167 Å². The minimum absolute atomic E-state index is 0.0134. The fraction of sp³-hybridized carbons (Fsp3) is 0.190. The summed E-state index contributed by atoms with van der Waals surface area (Å²) in [6.07, 6.45) is 0.177. The van der Waals surface area contributed by atoms with E-state index in [2.05, 4.69) is 5.10 Å². The van der Waals surface area contributed by atoms with Gasteiger partial charge in [-0.3, -0.25) is 4.79 Å². The standard InChI is InChI=1S/C21H19ClN2O4/c1-3-28-18(25)12-14-4-10-17(11-5-14)24-20(13(2)19(23-24)21(26)27)15-6-8-16(22)9-7-15/h4-11H,3,12H2,1-2H3,(H,26,27). The SMILES string of the molecule is CCOC(=O)Cc1ccc(-n2nc(C(=O)O)c(C)c2-c2ccc(Cl)cc2)cc1. The Morgan fingerprint density at radius 1 is 1.11 bits per heavy atom. The number of aromatic carboxylic acids is 1. The van der Waals surface area contributed by atoms with Crippen LogP contribution in [0.1, 0.15) is 28.5 Å². The van der Waals surface area contributed by atoms with Crippen LogP contribution in [0.3, 0.4) is 0 Å². The molecule has 0 atom stereocenters. The number of rotatable bonds is 6. The molecule has 0 unspecified atom stereocenters. The van der Waals surface area contributed by atoms with E-state index in [0.717, 1.165) is 11.1 Å². The lowest BCUT2D eigenvalue weighted by Gasteiger charge is -2.10. The van der Waals surface area contributed by atoms with Gasteiger partial charge in [0.1, 0.15) is 0 Å². The van der Waals surface area contributed by atoms with E-state index in [-0.39, 0.29) is 18.1 Å². The topological polar surface area (TPSA) is 81.4 Å². The highest BCUT2D eigenvalue weighted by Gasteiger charge is 2.21. The molecule has 28 heavy (non-hydrogen) atoms. The number of halogens is 1. The number of esters is 1. The van der Waals surface area contributed by atoms with Gasteiger partial charge >= 0.3 is 11.9 Å². The van der Waals surface area contributed by atoms with Crippen LogP contribution in [0.15, 0.2) is 48.5 Å². The molecule has 0 spiro atoms. The molecule has 0 saturated heterocycles. The molecule has 0 aliphatic heterocycles. The fourth-order valence-corrected chi connectivity index (χ4v) is 3.09. The Balaban J connectivity index is 2.03. The third-order valence-corrected chi connectivity index (χ3v) is 4.53. The zero-order chi connectivity index (χ0) is 20.3. The Morgan fingerprint density at radius 3 is 2.32 bits per heavy atom. The van der Waals surface area contributed by atoms with Crippen LogP contribution in [0.5, 0.6) is 0 Å². The molecule has 0 radical (unpaired) electrons. The number of aromatic nitrogens is 2. The van der Waals surface area contributed by atoms with Crippen molar-refractivity contribution in [2.75, 3.05) is 6.61 Å². The lowest BCUT2D eigenvalue weighted by Crippen LogP contribution is -2.07. The maximum absolute atomic E-state index is 11.6. The first kappa shape index (κ1) is 19.6. The molecule has 6 nitrogen and oxygen atoms in total. The molecule has 0 saturated carbocycles. The molecule has 3 aromatic rings. The summed E-state index contributed by atoms with van der Waals surface area (Å²) in [5, 5.41) is 14.4. The number of ether oxygens (including phenoxy) is 1. The van der Waals surface area contributed by atoms with Gasteiger partial charge in [-0.1, -0.05) is 35.9 Å². The molecule has 1 aromatic heterocycles. The summed E-state index contributed by atoms with van der Waals surface area (Å²) in [6.45, 7) is 3.83. The summed E-state index contributed by atoms with van der Waals surface area (Å²) in [5.74, 6) is -1.38. The Hall–Kier alpha value is -3.12. The maximum Gasteiger partial charge on any atom is 0.356 e. The predicted octanol–water partition coefficient (Wildman–Crippen LogP) is 4.30. The van der Waals surface area contributed by atoms with Gasteiger partial charge < -0.3 is 9.84 Å². The first-order chi connectivity index (χ1) is 13.4. The van der Waals surface area contributed by atoms with Gasteiger partial charge in [0, 0.05) is 16.1 Å². The summed E-state index contributed by atoms with van der Waals surface area (Å²) >= 11 is 5.98. The van der Waals surface area contributed by atoms with Crippen molar-refractivity contribution >= 4 is 23.5 Å². The molecule has 7 heteroatoms. The molecule has 0 aliphatic rings. The Kier molecular flexibility index (Phi) is 5.80. The number of nitrogens with zero attached hydrogens (tertiary/aromatic N) is 2. The minimum atomic E-state index is -1.09. The van der Waals surface area contributed by atoms with Crippen molar-refractivity contribution in [1.29, 1.82) is 0 Å². The Morgan fingerprint density at radius 2 is 1.75 bits per heavy atom. The number of carboxylic acids is 1. The van der Waals surface area contributed by atoms with Crippen LogP contribution in [0.25, 0.3) is 16.9 Å². The van der Waals surface area contributed by atoms with Crippen LogP contribution in [0.4, 0.5) is 0 Å². The van der Waals surface area contributed by atoms with Crippen molar-refractivity contribution in [3.8, 4) is 16.9 Å². The van der Waals surface area contributed by atoms with Crippen LogP contribution in [-0.2, 0) is 16.0 Å². The third kappa shape index (κ3) is 4.07. The molecule has 3 rings (SSSR count). The zero-order valence-corrected chi connectivity index (χ0v) is 16.2. The van der Waals surface area contributed by atoms with Crippen LogP contribution in [0.2, 0.25) is 5.02 Å². The first-order valence-electron chi connectivity index (χ1n) is 8.74. The second kappa shape index (κ2) is 8.27. The number of benzene rings is 2. The number of hydrogen-bond acceptors (Lipinski definition) is 4.